The van der Waals surface area contributed by atoms with Crippen LogP contribution in [0, 0.1) is 0 Å². The Kier molecular flexibility index (Phi) is 4.24. The number of rotatable bonds is 4. The third-order valence-corrected chi connectivity index (χ3v) is 4.60. The van der Waals surface area contributed by atoms with Gasteiger partial charge in [0.05, 0.1) is 0 Å². The van der Waals surface area contributed by atoms with Crippen molar-refractivity contribution in [3.05, 3.63) is 30.1 Å². The summed E-state index contributed by atoms with van der Waals surface area (Å²) in [5, 5.41) is 0.821. The highest BCUT2D eigenvalue weighted by Crippen LogP contribution is 2.32. The molecule has 1 aliphatic rings. The van der Waals surface area contributed by atoms with Crippen LogP contribution in [0.1, 0.15) is 24.8 Å². The molecule has 1 aromatic rings. The van der Waals surface area contributed by atoms with Gasteiger partial charge in [0.2, 0.25) is 0 Å². The molecule has 88 valence electrons. The average Bonchev–Trinajstić information content (AvgIpc) is 2.78. The second-order valence-corrected chi connectivity index (χ2v) is 5.63. The highest BCUT2D eigenvalue weighted by Gasteiger charge is 2.29. The zero-order valence-corrected chi connectivity index (χ0v) is 10.9. The molecule has 0 N–H and O–H groups in total. The Hall–Kier alpha value is -0.540. The third kappa shape index (κ3) is 2.77. The van der Waals surface area contributed by atoms with Crippen LogP contribution in [-0.2, 0) is 6.54 Å². The van der Waals surface area contributed by atoms with Gasteiger partial charge >= 0.3 is 0 Å². The Balaban J connectivity index is 1.95. The van der Waals surface area contributed by atoms with Crippen LogP contribution >= 0.6 is 11.8 Å². The minimum atomic E-state index is 0.746. The first-order chi connectivity index (χ1) is 7.81. The normalized spacial score (nSPS) is 25.2. The van der Waals surface area contributed by atoms with Crippen LogP contribution in [0.2, 0.25) is 0 Å². The lowest BCUT2D eigenvalue weighted by molar-refractivity contribution is 0.241. The van der Waals surface area contributed by atoms with E-state index < -0.39 is 0 Å². The summed E-state index contributed by atoms with van der Waals surface area (Å²) in [6.45, 7) is 1.02. The number of nitrogens with zero attached hydrogens (tertiary/aromatic N) is 2. The predicted octanol–water partition coefficient (Wildman–Crippen LogP) is 2.80. The zero-order valence-electron chi connectivity index (χ0n) is 10.1. The summed E-state index contributed by atoms with van der Waals surface area (Å²) in [5.74, 6) is 0. The molecular formula is C13H20N2S. The highest BCUT2D eigenvalue weighted by molar-refractivity contribution is 7.99. The zero-order chi connectivity index (χ0) is 11.4. The van der Waals surface area contributed by atoms with Gasteiger partial charge in [-0.25, -0.2) is 0 Å². The van der Waals surface area contributed by atoms with Crippen LogP contribution in [0.25, 0.3) is 0 Å². The second-order valence-electron chi connectivity index (χ2n) is 4.55. The molecule has 16 heavy (non-hydrogen) atoms. The van der Waals surface area contributed by atoms with E-state index in [-0.39, 0.29) is 0 Å². The van der Waals surface area contributed by atoms with Crippen LogP contribution in [-0.4, -0.2) is 34.5 Å². The molecule has 1 heterocycles. The molecule has 0 aliphatic heterocycles. The van der Waals surface area contributed by atoms with Crippen LogP contribution in [0.5, 0.6) is 0 Å². The van der Waals surface area contributed by atoms with Gasteiger partial charge in [-0.1, -0.05) is 12.5 Å². The topological polar surface area (TPSA) is 16.1 Å². The molecule has 2 atom stereocenters. The van der Waals surface area contributed by atoms with Gasteiger partial charge in [-0.3, -0.25) is 9.88 Å². The van der Waals surface area contributed by atoms with Gasteiger partial charge in [-0.15, -0.1) is 0 Å². The van der Waals surface area contributed by atoms with E-state index in [0.29, 0.717) is 0 Å². The van der Waals surface area contributed by atoms with E-state index in [9.17, 15) is 0 Å². The second kappa shape index (κ2) is 5.69. The SMILES string of the molecule is CS[C@H]1CCC[C@H]1N(C)Cc1cccnc1. The number of hydrogen-bond donors (Lipinski definition) is 0. The Labute approximate surface area is 102 Å². The quantitative estimate of drug-likeness (QED) is 0.799. The van der Waals surface area contributed by atoms with Crippen molar-refractivity contribution in [2.24, 2.45) is 0 Å². The Bertz CT molecular complexity index is 315. The molecule has 3 heteroatoms. The molecule has 1 fully saturated rings. The molecule has 1 aromatic heterocycles. The van der Waals surface area contributed by atoms with Crippen molar-refractivity contribution in [1.82, 2.24) is 9.88 Å². The first kappa shape index (κ1) is 11.9. The first-order valence-electron chi connectivity index (χ1n) is 5.93. The molecular weight excluding hydrogens is 216 g/mol. The maximum atomic E-state index is 4.17. The lowest BCUT2D eigenvalue weighted by Crippen LogP contribution is -2.35. The van der Waals surface area contributed by atoms with Gasteiger partial charge in [0, 0.05) is 30.2 Å². The fourth-order valence-corrected chi connectivity index (χ4v) is 3.64. The van der Waals surface area contributed by atoms with Gasteiger partial charge in [0.25, 0.3) is 0 Å². The number of hydrogen-bond acceptors (Lipinski definition) is 3. The lowest BCUT2D eigenvalue weighted by Gasteiger charge is -2.28. The number of aromatic nitrogens is 1. The van der Waals surface area contributed by atoms with E-state index in [1.807, 2.05) is 30.2 Å². The summed E-state index contributed by atoms with van der Waals surface area (Å²) in [6.07, 6.45) is 10.2. The van der Waals surface area contributed by atoms with Crippen LogP contribution in [0.3, 0.4) is 0 Å². The lowest BCUT2D eigenvalue weighted by atomic mass is 10.2. The van der Waals surface area contributed by atoms with Crippen molar-refractivity contribution in [2.45, 2.75) is 37.1 Å². The van der Waals surface area contributed by atoms with Crippen molar-refractivity contribution in [3.63, 3.8) is 0 Å². The summed E-state index contributed by atoms with van der Waals surface area (Å²) in [4.78, 5) is 6.66. The van der Waals surface area contributed by atoms with Crippen molar-refractivity contribution < 1.29 is 0 Å². The molecule has 0 aromatic carbocycles. The van der Waals surface area contributed by atoms with Gasteiger partial charge in [0.1, 0.15) is 0 Å². The van der Waals surface area contributed by atoms with E-state index in [4.69, 9.17) is 0 Å². The van der Waals surface area contributed by atoms with Gasteiger partial charge < -0.3 is 0 Å². The molecule has 0 spiro atoms. The maximum absolute atomic E-state index is 4.17. The van der Waals surface area contributed by atoms with E-state index >= 15 is 0 Å². The van der Waals surface area contributed by atoms with Crippen LogP contribution in [0.15, 0.2) is 24.5 Å². The maximum Gasteiger partial charge on any atom is 0.0312 e. The van der Waals surface area contributed by atoms with Gasteiger partial charge in [-0.2, -0.15) is 11.8 Å². The van der Waals surface area contributed by atoms with Gasteiger partial charge in [-0.05, 0) is 37.8 Å². The number of pyridine rings is 1. The van der Waals surface area contributed by atoms with E-state index in [2.05, 4.69) is 29.3 Å². The minimum Gasteiger partial charge on any atom is -0.298 e. The first-order valence-corrected chi connectivity index (χ1v) is 7.22. The standard InChI is InChI=1S/C13H20N2S/c1-15(10-11-5-4-8-14-9-11)12-6-3-7-13(12)16-2/h4-5,8-9,12-13H,3,6-7,10H2,1-2H3/t12-,13+/m1/s1. The smallest absolute Gasteiger partial charge is 0.0312 e. The minimum absolute atomic E-state index is 0.746. The summed E-state index contributed by atoms with van der Waals surface area (Å²) in [7, 11) is 2.24. The molecule has 1 saturated carbocycles. The van der Waals surface area contributed by atoms with E-state index in [1.54, 1.807) is 0 Å². The van der Waals surface area contributed by atoms with Crippen molar-refractivity contribution >= 4 is 11.8 Å². The fourth-order valence-electron chi connectivity index (χ4n) is 2.58. The largest absolute Gasteiger partial charge is 0.298 e. The molecule has 0 saturated heterocycles. The Morgan fingerprint density at radius 1 is 1.50 bits per heavy atom. The molecule has 1 aliphatic carbocycles. The van der Waals surface area contributed by atoms with Crippen LogP contribution in [0.4, 0.5) is 0 Å². The van der Waals surface area contributed by atoms with E-state index in [1.165, 1.54) is 24.8 Å². The molecule has 2 nitrogen and oxygen atoms in total. The average molecular weight is 236 g/mol. The van der Waals surface area contributed by atoms with Crippen molar-refractivity contribution in [2.75, 3.05) is 13.3 Å². The number of thioether (sulfide) groups is 1. The predicted molar refractivity (Wildman–Crippen MR) is 70.6 cm³/mol. The molecule has 2 rings (SSSR count). The third-order valence-electron chi connectivity index (χ3n) is 3.44. The van der Waals surface area contributed by atoms with Crippen molar-refractivity contribution in [3.8, 4) is 0 Å². The molecule has 0 amide bonds. The van der Waals surface area contributed by atoms with E-state index in [0.717, 1.165) is 17.8 Å². The monoisotopic (exact) mass is 236 g/mol. The summed E-state index contributed by atoms with van der Waals surface area (Å²) >= 11 is 2.02. The fraction of sp³-hybridized carbons (Fsp3) is 0.615. The summed E-state index contributed by atoms with van der Waals surface area (Å²) in [6, 6.07) is 4.92. The van der Waals surface area contributed by atoms with Crippen LogP contribution < -0.4 is 0 Å². The Morgan fingerprint density at radius 3 is 3.06 bits per heavy atom. The highest BCUT2D eigenvalue weighted by atomic mass is 32.2. The summed E-state index contributed by atoms with van der Waals surface area (Å²) < 4.78 is 0. The van der Waals surface area contributed by atoms with Gasteiger partial charge in [0.15, 0.2) is 0 Å². The Morgan fingerprint density at radius 2 is 2.38 bits per heavy atom. The summed E-state index contributed by atoms with van der Waals surface area (Å²) in [5.41, 5.74) is 1.32. The van der Waals surface area contributed by atoms with Crippen molar-refractivity contribution in [1.29, 1.82) is 0 Å². The molecule has 0 unspecified atom stereocenters. The molecule has 0 radical (unpaired) electrons. The molecule has 0 bridgehead atoms.